The van der Waals surface area contributed by atoms with Crippen LogP contribution in [0.3, 0.4) is 0 Å². The lowest BCUT2D eigenvalue weighted by Gasteiger charge is -2.19. The van der Waals surface area contributed by atoms with E-state index < -0.39 is 0 Å². The molecule has 0 aliphatic heterocycles. The van der Waals surface area contributed by atoms with E-state index in [0.717, 1.165) is 24.8 Å². The van der Waals surface area contributed by atoms with Gasteiger partial charge in [-0.1, -0.05) is 0 Å². The van der Waals surface area contributed by atoms with Gasteiger partial charge in [-0.2, -0.15) is 0 Å². The molecule has 1 N–H and O–H groups in total. The zero-order valence-electron chi connectivity index (χ0n) is 11.6. The molecule has 0 unspecified atom stereocenters. The summed E-state index contributed by atoms with van der Waals surface area (Å²) in [6.07, 6.45) is 0. The van der Waals surface area contributed by atoms with E-state index in [9.17, 15) is 0 Å². The number of hydrogen-bond donors (Lipinski definition) is 1. The number of nitrogens with one attached hydrogen (secondary N) is 1. The van der Waals surface area contributed by atoms with E-state index in [1.54, 1.807) is 7.11 Å². The van der Waals surface area contributed by atoms with Crippen LogP contribution in [0.5, 0.6) is 0 Å². The lowest BCUT2D eigenvalue weighted by molar-refractivity contribution is 0.154. The summed E-state index contributed by atoms with van der Waals surface area (Å²) in [6.45, 7) is 4.60. The van der Waals surface area contributed by atoms with Gasteiger partial charge in [0.1, 0.15) is 18.2 Å². The van der Waals surface area contributed by atoms with E-state index in [4.69, 9.17) is 9.47 Å². The van der Waals surface area contributed by atoms with Gasteiger partial charge in [-0.05, 0) is 6.92 Å². The molecule has 6 heteroatoms. The average Bonchev–Trinajstić information content (AvgIpc) is 2.39. The molecular weight excluding hydrogens is 232 g/mol. The Morgan fingerprint density at radius 2 is 2.17 bits per heavy atom. The lowest BCUT2D eigenvalue weighted by Crippen LogP contribution is -2.24. The Hall–Kier alpha value is -1.40. The fourth-order valence-corrected chi connectivity index (χ4v) is 1.46. The first-order valence-electron chi connectivity index (χ1n) is 6.04. The van der Waals surface area contributed by atoms with Crippen molar-refractivity contribution in [2.24, 2.45) is 0 Å². The molecule has 0 saturated heterocycles. The van der Waals surface area contributed by atoms with Crippen LogP contribution in [0.25, 0.3) is 0 Å². The van der Waals surface area contributed by atoms with Crippen LogP contribution < -0.4 is 10.2 Å². The molecule has 0 radical (unpaired) electrons. The van der Waals surface area contributed by atoms with Gasteiger partial charge in [-0.3, -0.25) is 0 Å². The smallest absolute Gasteiger partial charge is 0.158 e. The van der Waals surface area contributed by atoms with Gasteiger partial charge in [0.15, 0.2) is 5.82 Å². The Kier molecular flexibility index (Phi) is 6.38. The molecule has 1 rings (SSSR count). The average molecular weight is 254 g/mol. The van der Waals surface area contributed by atoms with E-state index in [1.165, 1.54) is 0 Å². The van der Waals surface area contributed by atoms with Gasteiger partial charge in [-0.25, -0.2) is 9.97 Å². The standard InChI is InChI=1S/C12H22N4O2/c1-5-18-7-6-16(3)12-8-10(13-2)14-11(15-12)9-17-4/h8H,5-7,9H2,1-4H3,(H,13,14,15). The van der Waals surface area contributed by atoms with E-state index in [0.29, 0.717) is 19.0 Å². The van der Waals surface area contributed by atoms with Crippen molar-refractivity contribution in [3.05, 3.63) is 11.9 Å². The van der Waals surface area contributed by atoms with Crippen LogP contribution in [-0.4, -0.2) is 50.9 Å². The Morgan fingerprint density at radius 3 is 2.78 bits per heavy atom. The molecule has 0 bridgehead atoms. The molecule has 0 aliphatic carbocycles. The highest BCUT2D eigenvalue weighted by Gasteiger charge is 2.07. The monoisotopic (exact) mass is 254 g/mol. The van der Waals surface area contributed by atoms with Crippen LogP contribution in [0.2, 0.25) is 0 Å². The number of methoxy groups -OCH3 is 1. The summed E-state index contributed by atoms with van der Waals surface area (Å²) in [5.74, 6) is 2.32. The second kappa shape index (κ2) is 7.84. The second-order valence-corrected chi connectivity index (χ2v) is 3.83. The Morgan fingerprint density at radius 1 is 1.39 bits per heavy atom. The molecule has 18 heavy (non-hydrogen) atoms. The second-order valence-electron chi connectivity index (χ2n) is 3.83. The number of ether oxygens (including phenoxy) is 2. The molecule has 102 valence electrons. The van der Waals surface area contributed by atoms with Gasteiger partial charge in [0, 0.05) is 40.4 Å². The van der Waals surface area contributed by atoms with E-state index in [2.05, 4.69) is 15.3 Å². The maximum atomic E-state index is 5.33. The summed E-state index contributed by atoms with van der Waals surface area (Å²) in [5, 5.41) is 3.02. The molecule has 0 saturated carbocycles. The lowest BCUT2D eigenvalue weighted by atomic mass is 10.4. The van der Waals surface area contributed by atoms with Crippen molar-refractivity contribution in [1.29, 1.82) is 0 Å². The highest BCUT2D eigenvalue weighted by Crippen LogP contribution is 2.14. The Balaban J connectivity index is 2.75. The zero-order valence-corrected chi connectivity index (χ0v) is 11.6. The van der Waals surface area contributed by atoms with Gasteiger partial charge in [0.05, 0.1) is 6.61 Å². The van der Waals surface area contributed by atoms with Crippen molar-refractivity contribution >= 4 is 11.6 Å². The minimum absolute atomic E-state index is 0.405. The molecule has 0 atom stereocenters. The molecule has 0 fully saturated rings. The number of nitrogens with zero attached hydrogens (tertiary/aromatic N) is 3. The first-order chi connectivity index (χ1) is 8.71. The minimum Gasteiger partial charge on any atom is -0.380 e. The third-order valence-corrected chi connectivity index (χ3v) is 2.45. The van der Waals surface area contributed by atoms with Crippen molar-refractivity contribution in [3.63, 3.8) is 0 Å². The van der Waals surface area contributed by atoms with Crippen molar-refractivity contribution in [2.75, 3.05) is 51.2 Å². The maximum Gasteiger partial charge on any atom is 0.158 e. The summed E-state index contributed by atoms with van der Waals surface area (Å²) < 4.78 is 10.4. The first-order valence-corrected chi connectivity index (χ1v) is 6.04. The summed E-state index contributed by atoms with van der Waals surface area (Å²) in [4.78, 5) is 10.8. The van der Waals surface area contributed by atoms with E-state index in [1.807, 2.05) is 32.0 Å². The Labute approximate surface area is 108 Å². The third kappa shape index (κ3) is 4.46. The summed E-state index contributed by atoms with van der Waals surface area (Å²) >= 11 is 0. The van der Waals surface area contributed by atoms with E-state index >= 15 is 0 Å². The van der Waals surface area contributed by atoms with Crippen molar-refractivity contribution in [1.82, 2.24) is 9.97 Å². The first kappa shape index (κ1) is 14.7. The summed E-state index contributed by atoms with van der Waals surface area (Å²) in [5.41, 5.74) is 0. The molecule has 0 amide bonds. The molecule has 1 aromatic rings. The summed E-state index contributed by atoms with van der Waals surface area (Å²) in [7, 11) is 5.45. The molecule has 6 nitrogen and oxygen atoms in total. The predicted molar refractivity (Wildman–Crippen MR) is 72.1 cm³/mol. The number of aromatic nitrogens is 2. The van der Waals surface area contributed by atoms with Crippen LogP contribution in [0.4, 0.5) is 11.6 Å². The number of anilines is 2. The van der Waals surface area contributed by atoms with Gasteiger partial charge in [0.2, 0.25) is 0 Å². The normalized spacial score (nSPS) is 10.4. The largest absolute Gasteiger partial charge is 0.380 e. The highest BCUT2D eigenvalue weighted by molar-refractivity contribution is 5.48. The Bertz CT molecular complexity index is 360. The van der Waals surface area contributed by atoms with E-state index in [-0.39, 0.29) is 0 Å². The maximum absolute atomic E-state index is 5.33. The SMILES string of the molecule is CCOCCN(C)c1cc(NC)nc(COC)n1. The summed E-state index contributed by atoms with van der Waals surface area (Å²) in [6, 6.07) is 1.91. The molecule has 1 heterocycles. The minimum atomic E-state index is 0.405. The van der Waals surface area contributed by atoms with Crippen LogP contribution in [0.1, 0.15) is 12.7 Å². The topological polar surface area (TPSA) is 59.5 Å². The third-order valence-electron chi connectivity index (χ3n) is 2.45. The molecule has 0 spiro atoms. The molecule has 0 aromatic carbocycles. The van der Waals surface area contributed by atoms with Gasteiger partial charge in [-0.15, -0.1) is 0 Å². The predicted octanol–water partition coefficient (Wildman–Crippen LogP) is 1.14. The zero-order chi connectivity index (χ0) is 13.4. The highest BCUT2D eigenvalue weighted by atomic mass is 16.5. The van der Waals surface area contributed by atoms with Crippen LogP contribution >= 0.6 is 0 Å². The van der Waals surface area contributed by atoms with Gasteiger partial charge in [0.25, 0.3) is 0 Å². The fourth-order valence-electron chi connectivity index (χ4n) is 1.46. The van der Waals surface area contributed by atoms with Crippen LogP contribution in [0, 0.1) is 0 Å². The molecular formula is C12H22N4O2. The van der Waals surface area contributed by atoms with Gasteiger partial charge >= 0.3 is 0 Å². The van der Waals surface area contributed by atoms with Crippen LogP contribution in [0.15, 0.2) is 6.07 Å². The number of likely N-dealkylation sites (N-methyl/N-ethyl adjacent to an activating group) is 1. The van der Waals surface area contributed by atoms with Crippen molar-refractivity contribution in [3.8, 4) is 0 Å². The number of hydrogen-bond acceptors (Lipinski definition) is 6. The molecule has 1 aromatic heterocycles. The van der Waals surface area contributed by atoms with Crippen molar-refractivity contribution in [2.45, 2.75) is 13.5 Å². The van der Waals surface area contributed by atoms with Crippen molar-refractivity contribution < 1.29 is 9.47 Å². The van der Waals surface area contributed by atoms with Gasteiger partial charge < -0.3 is 19.7 Å². The number of rotatable bonds is 8. The fraction of sp³-hybridized carbons (Fsp3) is 0.667. The molecule has 0 aliphatic rings. The van der Waals surface area contributed by atoms with Crippen LogP contribution in [-0.2, 0) is 16.1 Å². The quantitative estimate of drug-likeness (QED) is 0.702.